The van der Waals surface area contributed by atoms with E-state index in [1.54, 1.807) is 6.08 Å². The van der Waals surface area contributed by atoms with Crippen LogP contribution < -0.4 is 5.32 Å². The molecule has 4 nitrogen and oxygen atoms in total. The van der Waals surface area contributed by atoms with Gasteiger partial charge in [0.2, 0.25) is 5.91 Å². The van der Waals surface area contributed by atoms with Gasteiger partial charge in [-0.3, -0.25) is 4.79 Å². The van der Waals surface area contributed by atoms with E-state index in [-0.39, 0.29) is 12.5 Å². The van der Waals surface area contributed by atoms with Gasteiger partial charge in [0.15, 0.2) is 0 Å². The summed E-state index contributed by atoms with van der Waals surface area (Å²) in [5.41, 5.74) is 0. The van der Waals surface area contributed by atoms with E-state index in [4.69, 9.17) is 0 Å². The van der Waals surface area contributed by atoms with Gasteiger partial charge in [0.1, 0.15) is 0 Å². The predicted octanol–water partition coefficient (Wildman–Crippen LogP) is 11.3. The number of rotatable bonds is 34. The summed E-state index contributed by atoms with van der Waals surface area (Å²) in [6.07, 6.45) is 44.0. The minimum absolute atomic E-state index is 0.0693. The van der Waals surface area contributed by atoms with Crippen molar-refractivity contribution < 1.29 is 15.0 Å². The third-order valence-electron chi connectivity index (χ3n) is 8.68. The third kappa shape index (κ3) is 32.1. The van der Waals surface area contributed by atoms with Crippen LogP contribution in [-0.2, 0) is 4.79 Å². The maximum absolute atomic E-state index is 12.3. The molecular weight excluding hydrogens is 530 g/mol. The number of aliphatic hydroxyl groups excluding tert-OH is 2. The molecule has 0 aromatic heterocycles. The minimum Gasteiger partial charge on any atom is -0.394 e. The highest BCUT2D eigenvalue weighted by Gasteiger charge is 2.17. The van der Waals surface area contributed by atoms with Gasteiger partial charge in [-0.15, -0.1) is 0 Å². The first-order valence-electron chi connectivity index (χ1n) is 19.1. The number of nitrogens with one attached hydrogen (secondary N) is 1. The molecule has 4 heteroatoms. The molecule has 0 aliphatic rings. The van der Waals surface area contributed by atoms with Crippen LogP contribution in [0.5, 0.6) is 0 Å². The quantitative estimate of drug-likeness (QED) is 0.0505. The molecule has 3 N–H and O–H groups in total. The Morgan fingerprint density at radius 3 is 1.28 bits per heavy atom. The van der Waals surface area contributed by atoms with E-state index >= 15 is 0 Å². The number of unbranched alkanes of at least 4 members (excludes halogenated alkanes) is 25. The fraction of sp³-hybridized carbons (Fsp3) is 0.872. The number of allylic oxidation sites excluding steroid dienone is 3. The molecule has 0 fully saturated rings. The molecule has 0 aliphatic heterocycles. The molecular formula is C39H75NO3. The Kier molecular flexibility index (Phi) is 34.4. The first-order valence-corrected chi connectivity index (χ1v) is 19.1. The Balaban J connectivity index is 3.61. The predicted molar refractivity (Wildman–Crippen MR) is 189 cm³/mol. The fourth-order valence-corrected chi connectivity index (χ4v) is 5.70. The van der Waals surface area contributed by atoms with Crippen molar-refractivity contribution in [3.05, 3.63) is 24.3 Å². The van der Waals surface area contributed by atoms with E-state index < -0.39 is 12.1 Å². The molecule has 0 spiro atoms. The van der Waals surface area contributed by atoms with Crippen LogP contribution in [0.3, 0.4) is 0 Å². The molecule has 0 rings (SSSR count). The lowest BCUT2D eigenvalue weighted by Gasteiger charge is -2.20. The van der Waals surface area contributed by atoms with Gasteiger partial charge in [0.25, 0.3) is 0 Å². The van der Waals surface area contributed by atoms with Crippen molar-refractivity contribution in [3.63, 3.8) is 0 Å². The Morgan fingerprint density at radius 1 is 0.535 bits per heavy atom. The van der Waals surface area contributed by atoms with Crippen LogP contribution in [0.2, 0.25) is 0 Å². The van der Waals surface area contributed by atoms with E-state index in [0.29, 0.717) is 6.42 Å². The summed E-state index contributed by atoms with van der Waals surface area (Å²) in [6, 6.07) is -0.620. The average molecular weight is 606 g/mol. The standard InChI is InChI=1S/C39H75NO3/c1-3-5-7-9-11-13-15-17-19-20-21-23-25-27-29-31-33-35-39(43)40-37(36-41)38(42)34-32-30-28-26-24-22-18-16-14-12-10-8-6-4-2/h17,19,32,34,37-38,41-42H,3-16,18,20-31,33,35-36H2,1-2H3,(H,40,43)/b19-17+,34-32+/t37-,38+/m0/s1. The lowest BCUT2D eigenvalue weighted by Crippen LogP contribution is -2.45. The van der Waals surface area contributed by atoms with Crippen LogP contribution in [0.4, 0.5) is 0 Å². The third-order valence-corrected chi connectivity index (χ3v) is 8.68. The van der Waals surface area contributed by atoms with Gasteiger partial charge >= 0.3 is 0 Å². The molecule has 0 unspecified atom stereocenters. The van der Waals surface area contributed by atoms with E-state index in [2.05, 4.69) is 31.3 Å². The first kappa shape index (κ1) is 41.9. The Bertz CT molecular complexity index is 618. The SMILES string of the molecule is CCCCCCCC/C=C/CCCCCCCCCC(=O)N[C@@H](CO)[C@H](O)/C=C/CCCCCCCCCCCCCC. The maximum atomic E-state index is 12.3. The smallest absolute Gasteiger partial charge is 0.220 e. The van der Waals surface area contributed by atoms with Gasteiger partial charge in [-0.2, -0.15) is 0 Å². The van der Waals surface area contributed by atoms with Crippen LogP contribution in [0, 0.1) is 0 Å². The summed E-state index contributed by atoms with van der Waals surface area (Å²) < 4.78 is 0. The van der Waals surface area contributed by atoms with Gasteiger partial charge in [0.05, 0.1) is 18.8 Å². The lowest BCUT2D eigenvalue weighted by molar-refractivity contribution is -0.123. The summed E-state index contributed by atoms with van der Waals surface area (Å²) >= 11 is 0. The fourth-order valence-electron chi connectivity index (χ4n) is 5.70. The number of hydrogen-bond acceptors (Lipinski definition) is 3. The maximum Gasteiger partial charge on any atom is 0.220 e. The number of aliphatic hydroxyl groups is 2. The Hall–Kier alpha value is -1.13. The van der Waals surface area contributed by atoms with Crippen molar-refractivity contribution in [2.75, 3.05) is 6.61 Å². The highest BCUT2D eigenvalue weighted by atomic mass is 16.3. The van der Waals surface area contributed by atoms with Crippen molar-refractivity contribution in [3.8, 4) is 0 Å². The monoisotopic (exact) mass is 606 g/mol. The van der Waals surface area contributed by atoms with E-state index in [9.17, 15) is 15.0 Å². The number of carbonyl (C=O) groups is 1. The second-order valence-corrected chi connectivity index (χ2v) is 13.0. The second-order valence-electron chi connectivity index (χ2n) is 13.0. The van der Waals surface area contributed by atoms with E-state index in [1.807, 2.05) is 6.08 Å². The molecule has 0 aromatic rings. The molecule has 0 heterocycles. The average Bonchev–Trinajstić information content (AvgIpc) is 3.01. The van der Waals surface area contributed by atoms with Crippen LogP contribution >= 0.6 is 0 Å². The zero-order valence-corrected chi connectivity index (χ0v) is 29.0. The van der Waals surface area contributed by atoms with Crippen molar-refractivity contribution in [1.82, 2.24) is 5.32 Å². The zero-order valence-electron chi connectivity index (χ0n) is 29.0. The van der Waals surface area contributed by atoms with Crippen molar-refractivity contribution in [2.24, 2.45) is 0 Å². The Morgan fingerprint density at radius 2 is 0.884 bits per heavy atom. The van der Waals surface area contributed by atoms with Gasteiger partial charge in [-0.25, -0.2) is 0 Å². The normalized spacial score (nSPS) is 13.3. The molecule has 1 amide bonds. The molecule has 43 heavy (non-hydrogen) atoms. The number of carbonyl (C=O) groups excluding carboxylic acids is 1. The van der Waals surface area contributed by atoms with E-state index in [0.717, 1.165) is 25.7 Å². The molecule has 0 aliphatic carbocycles. The zero-order chi connectivity index (χ0) is 31.5. The van der Waals surface area contributed by atoms with Crippen LogP contribution in [0.25, 0.3) is 0 Å². The summed E-state index contributed by atoms with van der Waals surface area (Å²) in [4.78, 5) is 12.3. The van der Waals surface area contributed by atoms with Gasteiger partial charge < -0.3 is 15.5 Å². The first-order chi connectivity index (χ1) is 21.2. The van der Waals surface area contributed by atoms with Crippen LogP contribution in [-0.4, -0.2) is 34.9 Å². The van der Waals surface area contributed by atoms with Gasteiger partial charge in [0, 0.05) is 6.42 Å². The molecule has 0 saturated heterocycles. The molecule has 0 saturated carbocycles. The largest absolute Gasteiger partial charge is 0.394 e. The Labute approximate surface area is 269 Å². The molecule has 0 radical (unpaired) electrons. The number of hydrogen-bond donors (Lipinski definition) is 3. The molecule has 0 bridgehead atoms. The lowest BCUT2D eigenvalue weighted by atomic mass is 10.0. The van der Waals surface area contributed by atoms with Crippen molar-refractivity contribution in [2.45, 2.75) is 212 Å². The highest BCUT2D eigenvalue weighted by molar-refractivity contribution is 5.76. The second kappa shape index (κ2) is 35.4. The molecule has 254 valence electrons. The highest BCUT2D eigenvalue weighted by Crippen LogP contribution is 2.14. The van der Waals surface area contributed by atoms with Gasteiger partial charge in [-0.1, -0.05) is 173 Å². The topological polar surface area (TPSA) is 69.6 Å². The minimum atomic E-state index is -0.836. The van der Waals surface area contributed by atoms with Gasteiger partial charge in [-0.05, 0) is 44.9 Å². The van der Waals surface area contributed by atoms with Crippen molar-refractivity contribution >= 4 is 5.91 Å². The number of amides is 1. The molecule has 2 atom stereocenters. The summed E-state index contributed by atoms with van der Waals surface area (Å²) in [6.45, 7) is 4.29. The summed E-state index contributed by atoms with van der Waals surface area (Å²) in [7, 11) is 0. The van der Waals surface area contributed by atoms with Crippen LogP contribution in [0.1, 0.15) is 200 Å². The van der Waals surface area contributed by atoms with Crippen molar-refractivity contribution in [1.29, 1.82) is 0 Å². The van der Waals surface area contributed by atoms with Crippen LogP contribution in [0.15, 0.2) is 24.3 Å². The summed E-state index contributed by atoms with van der Waals surface area (Å²) in [5, 5.41) is 22.9. The van der Waals surface area contributed by atoms with E-state index in [1.165, 1.54) is 154 Å². The summed E-state index contributed by atoms with van der Waals surface area (Å²) in [5.74, 6) is -0.0693. The molecule has 0 aromatic carbocycles.